The molecule has 0 fully saturated rings. The van der Waals surface area contributed by atoms with Crippen LogP contribution in [0.5, 0.6) is 5.75 Å². The molecule has 0 saturated heterocycles. The molecule has 1 aromatic heterocycles. The molecule has 0 saturated carbocycles. The number of fused-ring (bicyclic) bond motifs is 1. The second-order valence-corrected chi connectivity index (χ2v) is 6.27. The summed E-state index contributed by atoms with van der Waals surface area (Å²) in [6, 6.07) is 7.04. The Kier molecular flexibility index (Phi) is 3.40. The first-order valence-corrected chi connectivity index (χ1v) is 7.97. The van der Waals surface area contributed by atoms with Crippen molar-refractivity contribution in [3.05, 3.63) is 71.2 Å². The van der Waals surface area contributed by atoms with Gasteiger partial charge >= 0.3 is 0 Å². The molecule has 0 bridgehead atoms. The number of Topliss-reactive ketones (excluding diaryl/α,β-unsaturated/α-hetero) is 1. The van der Waals surface area contributed by atoms with Gasteiger partial charge in [0.25, 0.3) is 0 Å². The van der Waals surface area contributed by atoms with E-state index in [9.17, 15) is 9.90 Å². The zero-order valence-corrected chi connectivity index (χ0v) is 13.4. The first-order chi connectivity index (χ1) is 11.6. The third kappa shape index (κ3) is 2.47. The fourth-order valence-electron chi connectivity index (χ4n) is 3.38. The van der Waals surface area contributed by atoms with Crippen LogP contribution in [0.2, 0.25) is 0 Å². The number of phenolic OH excluding ortho intramolecular Hbond substituents is 1. The predicted molar refractivity (Wildman–Crippen MR) is 91.5 cm³/mol. The van der Waals surface area contributed by atoms with E-state index < -0.39 is 0 Å². The summed E-state index contributed by atoms with van der Waals surface area (Å²) < 4.78 is 1.87. The van der Waals surface area contributed by atoms with Gasteiger partial charge in [-0.25, -0.2) is 0 Å². The SMILES string of the molecule is C[N+]1=C=CC(c2cncc(C3CCc4cc(O)ccc4C3=O)c2)=C1. The van der Waals surface area contributed by atoms with E-state index in [1.54, 1.807) is 24.4 Å². The Labute approximate surface area is 140 Å². The van der Waals surface area contributed by atoms with Gasteiger partial charge in [-0.15, -0.1) is 0 Å². The van der Waals surface area contributed by atoms with Crippen molar-refractivity contribution in [1.82, 2.24) is 4.98 Å². The normalized spacial score (nSPS) is 19.0. The maximum Gasteiger partial charge on any atom is 0.186 e. The molecule has 2 aliphatic rings. The number of rotatable bonds is 2. The van der Waals surface area contributed by atoms with E-state index in [1.807, 2.05) is 36.2 Å². The maximum atomic E-state index is 12.9. The summed E-state index contributed by atoms with van der Waals surface area (Å²) in [5.41, 5.74) is 4.62. The summed E-state index contributed by atoms with van der Waals surface area (Å²) in [4.78, 5) is 17.2. The number of ketones is 1. The predicted octanol–water partition coefficient (Wildman–Crippen LogP) is 2.92. The summed E-state index contributed by atoms with van der Waals surface area (Å²) >= 11 is 0. The Morgan fingerprint density at radius 1 is 1.29 bits per heavy atom. The van der Waals surface area contributed by atoms with E-state index >= 15 is 0 Å². The fourth-order valence-corrected chi connectivity index (χ4v) is 3.38. The molecule has 1 N–H and O–H groups in total. The first kappa shape index (κ1) is 14.6. The minimum atomic E-state index is -0.179. The Morgan fingerprint density at radius 3 is 2.96 bits per heavy atom. The highest BCUT2D eigenvalue weighted by Gasteiger charge is 2.29. The number of benzene rings is 1. The van der Waals surface area contributed by atoms with Crippen LogP contribution in [0.25, 0.3) is 5.57 Å². The van der Waals surface area contributed by atoms with Crippen molar-refractivity contribution in [2.24, 2.45) is 0 Å². The van der Waals surface area contributed by atoms with Gasteiger partial charge in [0, 0.05) is 29.4 Å². The number of aromatic hydroxyl groups is 1. The lowest BCUT2D eigenvalue weighted by Gasteiger charge is -2.23. The average Bonchev–Trinajstić information content (AvgIpc) is 3.02. The van der Waals surface area contributed by atoms with Gasteiger partial charge < -0.3 is 5.11 Å². The summed E-state index contributed by atoms with van der Waals surface area (Å²) in [7, 11) is 1.93. The van der Waals surface area contributed by atoms with Crippen LogP contribution in [0.1, 0.15) is 39.4 Å². The van der Waals surface area contributed by atoms with Gasteiger partial charge in [-0.05, 0) is 48.2 Å². The molecule has 1 aliphatic heterocycles. The zero-order valence-electron chi connectivity index (χ0n) is 13.4. The molecular weight excluding hydrogens is 300 g/mol. The molecule has 1 unspecified atom stereocenters. The number of aromatic nitrogens is 1. The zero-order chi connectivity index (χ0) is 16.7. The highest BCUT2D eigenvalue weighted by molar-refractivity contribution is 6.03. The number of allylic oxidation sites excluding steroid dienone is 2. The van der Waals surface area contributed by atoms with Crippen LogP contribution < -0.4 is 0 Å². The monoisotopic (exact) mass is 317 g/mol. The van der Waals surface area contributed by atoms with E-state index in [0.717, 1.165) is 35.1 Å². The Morgan fingerprint density at radius 2 is 2.17 bits per heavy atom. The Bertz CT molecular complexity index is 950. The molecular formula is C20H17N2O2+. The molecule has 4 nitrogen and oxygen atoms in total. The van der Waals surface area contributed by atoms with Crippen molar-refractivity contribution < 1.29 is 14.5 Å². The van der Waals surface area contributed by atoms with Gasteiger partial charge in [-0.3, -0.25) is 9.78 Å². The third-order valence-corrected chi connectivity index (χ3v) is 4.62. The van der Waals surface area contributed by atoms with Gasteiger partial charge in [-0.2, -0.15) is 4.58 Å². The minimum absolute atomic E-state index is 0.106. The number of carbonyl (C=O) groups excluding carboxylic acids is 1. The number of nitrogens with zero attached hydrogens (tertiary/aromatic N) is 2. The smallest absolute Gasteiger partial charge is 0.186 e. The minimum Gasteiger partial charge on any atom is -0.508 e. The number of pyridine rings is 1. The van der Waals surface area contributed by atoms with Crippen LogP contribution in [0, 0.1) is 0 Å². The lowest BCUT2D eigenvalue weighted by atomic mass is 9.79. The Hall–Kier alpha value is -2.97. The van der Waals surface area contributed by atoms with Gasteiger partial charge in [0.05, 0.1) is 11.6 Å². The standard InChI is InChI=1S/C20H16N2O2/c1-22-7-6-14(12-22)15-8-16(11-21-10-15)19-4-2-13-9-17(23)3-5-18(13)20(19)24/h3,5-6,8-12,19H,2,4H2,1H3/p+1. The van der Waals surface area contributed by atoms with Crippen LogP contribution in [0.3, 0.4) is 0 Å². The molecule has 4 rings (SSSR count). The number of carbonyl (C=O) groups is 1. The second kappa shape index (κ2) is 5.59. The van der Waals surface area contributed by atoms with Crippen LogP contribution >= 0.6 is 0 Å². The molecule has 1 aromatic carbocycles. The molecule has 1 aliphatic carbocycles. The van der Waals surface area contributed by atoms with Crippen LogP contribution in [-0.2, 0) is 6.42 Å². The van der Waals surface area contributed by atoms with E-state index in [1.165, 1.54) is 0 Å². The summed E-state index contributed by atoms with van der Waals surface area (Å²) in [5.74, 6) is 3.23. The van der Waals surface area contributed by atoms with Crippen molar-refractivity contribution in [3.63, 3.8) is 0 Å². The van der Waals surface area contributed by atoms with E-state index in [4.69, 9.17) is 0 Å². The summed E-state index contributed by atoms with van der Waals surface area (Å²) in [5, 5.41) is 9.60. The van der Waals surface area contributed by atoms with E-state index in [0.29, 0.717) is 5.56 Å². The molecule has 118 valence electrons. The number of hydrogen-bond acceptors (Lipinski definition) is 3. The van der Waals surface area contributed by atoms with Gasteiger partial charge in [-0.1, -0.05) is 0 Å². The van der Waals surface area contributed by atoms with Crippen LogP contribution in [-0.4, -0.2) is 33.4 Å². The molecule has 0 spiro atoms. The van der Waals surface area contributed by atoms with Crippen molar-refractivity contribution in [2.45, 2.75) is 18.8 Å². The van der Waals surface area contributed by atoms with Gasteiger partial charge in [0.15, 0.2) is 17.9 Å². The molecule has 2 aromatic rings. The highest BCUT2D eigenvalue weighted by atomic mass is 16.3. The van der Waals surface area contributed by atoms with Crippen LogP contribution in [0.15, 0.2) is 48.9 Å². The fraction of sp³-hybridized carbons (Fsp3) is 0.200. The number of hydrogen-bond donors (Lipinski definition) is 1. The molecule has 1 atom stereocenters. The van der Waals surface area contributed by atoms with Crippen molar-refractivity contribution in [2.75, 3.05) is 7.05 Å². The molecule has 2 heterocycles. The van der Waals surface area contributed by atoms with E-state index in [-0.39, 0.29) is 17.5 Å². The molecule has 24 heavy (non-hydrogen) atoms. The van der Waals surface area contributed by atoms with E-state index in [2.05, 4.69) is 10.9 Å². The lowest BCUT2D eigenvalue weighted by Crippen LogP contribution is -2.21. The summed E-state index contributed by atoms with van der Waals surface area (Å²) in [6.45, 7) is 0. The Balaban J connectivity index is 1.68. The quantitative estimate of drug-likeness (QED) is 0.867. The number of phenols is 1. The third-order valence-electron chi connectivity index (χ3n) is 4.62. The topological polar surface area (TPSA) is 53.2 Å². The first-order valence-electron chi connectivity index (χ1n) is 7.97. The van der Waals surface area contributed by atoms with Gasteiger partial charge in [0.2, 0.25) is 0 Å². The van der Waals surface area contributed by atoms with Crippen molar-refractivity contribution in [1.29, 1.82) is 0 Å². The van der Waals surface area contributed by atoms with Crippen molar-refractivity contribution >= 4 is 17.2 Å². The average molecular weight is 317 g/mol. The van der Waals surface area contributed by atoms with Crippen LogP contribution in [0.4, 0.5) is 0 Å². The number of aryl methyl sites for hydroxylation is 1. The maximum absolute atomic E-state index is 12.9. The molecule has 4 heteroatoms. The molecule has 0 amide bonds. The molecule has 0 radical (unpaired) electrons. The second-order valence-electron chi connectivity index (χ2n) is 6.27. The highest BCUT2D eigenvalue weighted by Crippen LogP contribution is 2.34. The summed E-state index contributed by atoms with van der Waals surface area (Å²) in [6.07, 6.45) is 9.02. The van der Waals surface area contributed by atoms with Gasteiger partial charge in [0.1, 0.15) is 12.8 Å². The lowest BCUT2D eigenvalue weighted by molar-refractivity contribution is -0.411. The van der Waals surface area contributed by atoms with Crippen molar-refractivity contribution in [3.8, 4) is 5.75 Å². The largest absolute Gasteiger partial charge is 0.508 e.